The van der Waals surface area contributed by atoms with Crippen LogP contribution in [0.4, 0.5) is 5.69 Å². The van der Waals surface area contributed by atoms with Gasteiger partial charge in [0.1, 0.15) is 0 Å². The molecule has 0 aliphatic carbocycles. The summed E-state index contributed by atoms with van der Waals surface area (Å²) in [6.45, 7) is 2.57. The lowest BCUT2D eigenvalue weighted by Gasteiger charge is -2.20. The number of benzene rings is 1. The van der Waals surface area contributed by atoms with Crippen LogP contribution < -0.4 is 20.3 Å². The number of aromatic nitrogens is 1. The van der Waals surface area contributed by atoms with E-state index in [1.165, 1.54) is 0 Å². The topological polar surface area (TPSA) is 61.8 Å². The molecule has 0 bridgehead atoms. The van der Waals surface area contributed by atoms with Crippen molar-refractivity contribution in [2.45, 2.75) is 19.0 Å². The van der Waals surface area contributed by atoms with Gasteiger partial charge in [-0.25, -0.2) is 4.98 Å². The first-order valence-electron chi connectivity index (χ1n) is 8.64. The molecule has 2 aromatic rings. The molecular formula is C19H25ClIN5O. The predicted octanol–water partition coefficient (Wildman–Crippen LogP) is 3.31. The number of anilines is 1. The van der Waals surface area contributed by atoms with Crippen LogP contribution in [0.5, 0.6) is 5.88 Å². The molecule has 1 aromatic heterocycles. The molecule has 1 unspecified atom stereocenters. The second-order valence-electron chi connectivity index (χ2n) is 6.19. The lowest BCUT2D eigenvalue weighted by atomic mass is 10.2. The second-order valence-corrected chi connectivity index (χ2v) is 6.63. The summed E-state index contributed by atoms with van der Waals surface area (Å²) in [7, 11) is 3.39. The molecule has 8 heteroatoms. The number of halogens is 2. The Kier molecular flexibility index (Phi) is 8.43. The molecule has 6 nitrogen and oxygen atoms in total. The number of nitrogens with one attached hydrogen (secondary N) is 2. The van der Waals surface area contributed by atoms with Crippen LogP contribution >= 0.6 is 35.6 Å². The van der Waals surface area contributed by atoms with Crippen LogP contribution in [0.1, 0.15) is 12.0 Å². The van der Waals surface area contributed by atoms with Gasteiger partial charge in [0.05, 0.1) is 7.11 Å². The number of ether oxygens (including phenoxy) is 1. The summed E-state index contributed by atoms with van der Waals surface area (Å²) in [5.74, 6) is 1.40. The van der Waals surface area contributed by atoms with Crippen molar-refractivity contribution in [2.75, 3.05) is 32.1 Å². The van der Waals surface area contributed by atoms with Crippen molar-refractivity contribution in [3.8, 4) is 5.88 Å². The van der Waals surface area contributed by atoms with Gasteiger partial charge in [-0.1, -0.05) is 23.7 Å². The van der Waals surface area contributed by atoms with E-state index in [-0.39, 0.29) is 24.0 Å². The van der Waals surface area contributed by atoms with E-state index >= 15 is 0 Å². The van der Waals surface area contributed by atoms with Crippen LogP contribution in [-0.4, -0.2) is 44.2 Å². The first kappa shape index (κ1) is 21.6. The molecule has 1 aliphatic rings. The van der Waals surface area contributed by atoms with Crippen molar-refractivity contribution < 1.29 is 4.74 Å². The largest absolute Gasteiger partial charge is 0.481 e. The van der Waals surface area contributed by atoms with Crippen molar-refractivity contribution >= 4 is 47.2 Å². The third kappa shape index (κ3) is 6.14. The van der Waals surface area contributed by atoms with Crippen LogP contribution in [0.2, 0.25) is 5.02 Å². The van der Waals surface area contributed by atoms with Crippen molar-refractivity contribution in [2.24, 2.45) is 4.99 Å². The van der Waals surface area contributed by atoms with Gasteiger partial charge in [-0.3, -0.25) is 4.99 Å². The first-order valence-corrected chi connectivity index (χ1v) is 9.02. The fourth-order valence-corrected chi connectivity index (χ4v) is 3.18. The van der Waals surface area contributed by atoms with Crippen LogP contribution in [0.15, 0.2) is 47.6 Å². The van der Waals surface area contributed by atoms with E-state index in [1.54, 1.807) is 20.4 Å². The number of guanidine groups is 1. The molecule has 0 amide bonds. The van der Waals surface area contributed by atoms with E-state index in [2.05, 4.69) is 31.6 Å². The minimum absolute atomic E-state index is 0. The Morgan fingerprint density at radius 2 is 2.22 bits per heavy atom. The Labute approximate surface area is 182 Å². The molecule has 3 rings (SSSR count). The smallest absolute Gasteiger partial charge is 0.212 e. The maximum Gasteiger partial charge on any atom is 0.212 e. The average Bonchev–Trinajstić information content (AvgIpc) is 3.14. The summed E-state index contributed by atoms with van der Waals surface area (Å²) in [4.78, 5) is 10.9. The maximum atomic E-state index is 6.10. The van der Waals surface area contributed by atoms with Crippen molar-refractivity contribution in [1.29, 1.82) is 0 Å². The fraction of sp³-hybridized carbons (Fsp3) is 0.368. The third-order valence-corrected chi connectivity index (χ3v) is 4.63. The molecule has 2 N–H and O–H groups in total. The van der Waals surface area contributed by atoms with Gasteiger partial charge in [-0.05, 0) is 30.2 Å². The monoisotopic (exact) mass is 501 g/mol. The summed E-state index contributed by atoms with van der Waals surface area (Å²) < 4.78 is 5.08. The number of hydrogen-bond acceptors (Lipinski definition) is 4. The van der Waals surface area contributed by atoms with Crippen molar-refractivity contribution in [3.63, 3.8) is 0 Å². The molecule has 146 valence electrons. The lowest BCUT2D eigenvalue weighted by molar-refractivity contribution is 0.397. The Morgan fingerprint density at radius 3 is 2.89 bits per heavy atom. The molecule has 27 heavy (non-hydrogen) atoms. The summed E-state index contributed by atoms with van der Waals surface area (Å²) in [5.41, 5.74) is 2.23. The molecule has 0 radical (unpaired) electrons. The Hall–Kier alpha value is -1.74. The van der Waals surface area contributed by atoms with Crippen LogP contribution in [0.3, 0.4) is 0 Å². The van der Waals surface area contributed by atoms with Crippen LogP contribution in [-0.2, 0) is 6.54 Å². The van der Waals surface area contributed by atoms with Gasteiger partial charge < -0.3 is 20.3 Å². The summed E-state index contributed by atoms with van der Waals surface area (Å²) in [5, 5.41) is 7.59. The molecule has 1 saturated heterocycles. The Balaban J connectivity index is 0.00000261. The van der Waals surface area contributed by atoms with Crippen molar-refractivity contribution in [1.82, 2.24) is 15.6 Å². The summed E-state index contributed by atoms with van der Waals surface area (Å²) >= 11 is 6.10. The van der Waals surface area contributed by atoms with E-state index in [0.29, 0.717) is 18.5 Å². The number of pyridine rings is 1. The summed E-state index contributed by atoms with van der Waals surface area (Å²) in [6.07, 6.45) is 2.85. The highest BCUT2D eigenvalue weighted by Gasteiger charge is 2.23. The molecule has 1 fully saturated rings. The predicted molar refractivity (Wildman–Crippen MR) is 122 cm³/mol. The van der Waals surface area contributed by atoms with Gasteiger partial charge in [0, 0.05) is 55.7 Å². The van der Waals surface area contributed by atoms with Gasteiger partial charge in [-0.15, -0.1) is 24.0 Å². The zero-order chi connectivity index (χ0) is 18.4. The lowest BCUT2D eigenvalue weighted by Crippen LogP contribution is -2.44. The zero-order valence-corrected chi connectivity index (χ0v) is 18.6. The molecule has 1 aromatic carbocycles. The minimum atomic E-state index is 0. The SMILES string of the molecule is CN=C(NCc1ccc(OC)nc1)NC1CCN(c2cccc(Cl)c2)C1.I. The van der Waals surface area contributed by atoms with E-state index in [9.17, 15) is 0 Å². The molecule has 1 aliphatic heterocycles. The number of aliphatic imine (C=N–C) groups is 1. The highest BCUT2D eigenvalue weighted by atomic mass is 127. The molecule has 0 spiro atoms. The quantitative estimate of drug-likeness (QED) is 0.374. The van der Waals surface area contributed by atoms with Gasteiger partial charge >= 0.3 is 0 Å². The highest BCUT2D eigenvalue weighted by Crippen LogP contribution is 2.23. The average molecular weight is 502 g/mol. The number of methoxy groups -OCH3 is 1. The van der Waals surface area contributed by atoms with E-state index in [4.69, 9.17) is 16.3 Å². The minimum Gasteiger partial charge on any atom is -0.481 e. The number of hydrogen-bond donors (Lipinski definition) is 2. The fourth-order valence-electron chi connectivity index (χ4n) is 3.00. The maximum absolute atomic E-state index is 6.10. The van der Waals surface area contributed by atoms with Gasteiger partial charge in [-0.2, -0.15) is 0 Å². The highest BCUT2D eigenvalue weighted by molar-refractivity contribution is 14.0. The van der Waals surface area contributed by atoms with Gasteiger partial charge in [0.15, 0.2) is 5.96 Å². The second kappa shape index (κ2) is 10.6. The normalized spacial score (nSPS) is 16.6. The number of nitrogens with zero attached hydrogens (tertiary/aromatic N) is 3. The standard InChI is InChI=1S/C19H24ClN5O.HI/c1-21-19(23-12-14-6-7-18(26-2)22-11-14)24-16-8-9-25(13-16)17-5-3-4-15(20)10-17;/h3-7,10-11,16H,8-9,12-13H2,1-2H3,(H2,21,23,24);1H. The van der Waals surface area contributed by atoms with E-state index in [0.717, 1.165) is 41.7 Å². The molecule has 1 atom stereocenters. The number of rotatable bonds is 5. The zero-order valence-electron chi connectivity index (χ0n) is 15.5. The molecule has 2 heterocycles. The van der Waals surface area contributed by atoms with Crippen molar-refractivity contribution in [3.05, 3.63) is 53.2 Å². The Morgan fingerprint density at radius 1 is 1.37 bits per heavy atom. The summed E-state index contributed by atoms with van der Waals surface area (Å²) in [6, 6.07) is 12.2. The van der Waals surface area contributed by atoms with Gasteiger partial charge in [0.25, 0.3) is 0 Å². The molecular weight excluding hydrogens is 477 g/mol. The van der Waals surface area contributed by atoms with E-state index < -0.39 is 0 Å². The van der Waals surface area contributed by atoms with Gasteiger partial charge in [0.2, 0.25) is 5.88 Å². The van der Waals surface area contributed by atoms with Crippen LogP contribution in [0.25, 0.3) is 0 Å². The van der Waals surface area contributed by atoms with Crippen LogP contribution in [0, 0.1) is 0 Å². The third-order valence-electron chi connectivity index (χ3n) is 4.39. The van der Waals surface area contributed by atoms with E-state index in [1.807, 2.05) is 30.3 Å². The Bertz CT molecular complexity index is 756. The first-order chi connectivity index (χ1) is 12.7. The molecule has 0 saturated carbocycles.